The van der Waals surface area contributed by atoms with Crippen LogP contribution in [-0.2, 0) is 6.61 Å². The van der Waals surface area contributed by atoms with E-state index in [0.717, 1.165) is 16.7 Å². The summed E-state index contributed by atoms with van der Waals surface area (Å²) in [5.41, 5.74) is 4.55. The molecule has 0 spiro atoms. The van der Waals surface area contributed by atoms with Crippen LogP contribution in [0.25, 0.3) is 11.3 Å². The van der Waals surface area contributed by atoms with Gasteiger partial charge in [-0.1, -0.05) is 49.3 Å². The van der Waals surface area contributed by atoms with E-state index in [4.69, 9.17) is 9.26 Å². The van der Waals surface area contributed by atoms with E-state index in [1.165, 1.54) is 5.56 Å². The molecule has 152 valence electrons. The molecule has 0 aliphatic rings. The highest BCUT2D eigenvalue weighted by molar-refractivity contribution is 14.1. The van der Waals surface area contributed by atoms with Gasteiger partial charge in [-0.25, -0.2) is 0 Å². The molecule has 2 aromatic carbocycles. The molecule has 6 heteroatoms. The predicted octanol–water partition coefficient (Wildman–Crippen LogP) is 5.71. The molecule has 0 aliphatic carbocycles. The van der Waals surface area contributed by atoms with Gasteiger partial charge in [0.25, 0.3) is 5.91 Å². The Balaban J connectivity index is 2.04. The Morgan fingerprint density at radius 3 is 2.62 bits per heavy atom. The molecule has 0 unspecified atom stereocenters. The Morgan fingerprint density at radius 1 is 1.24 bits per heavy atom. The van der Waals surface area contributed by atoms with Gasteiger partial charge in [0, 0.05) is 6.54 Å². The third-order valence-electron chi connectivity index (χ3n) is 4.66. The minimum atomic E-state index is -0.241. The van der Waals surface area contributed by atoms with Crippen molar-refractivity contribution in [1.82, 2.24) is 10.5 Å². The average molecular weight is 504 g/mol. The van der Waals surface area contributed by atoms with E-state index in [-0.39, 0.29) is 5.91 Å². The highest BCUT2D eigenvalue weighted by Gasteiger charge is 2.24. The molecule has 0 aliphatic heterocycles. The molecule has 1 aromatic heterocycles. The fourth-order valence-electron chi connectivity index (χ4n) is 3.18. The summed E-state index contributed by atoms with van der Waals surface area (Å²) in [6, 6.07) is 14.1. The van der Waals surface area contributed by atoms with Crippen molar-refractivity contribution in [2.75, 3.05) is 6.54 Å². The monoisotopic (exact) mass is 504 g/mol. The average Bonchev–Trinajstić information content (AvgIpc) is 3.08. The molecule has 0 fully saturated rings. The van der Waals surface area contributed by atoms with Crippen LogP contribution < -0.4 is 10.1 Å². The number of carbonyl (C=O) groups excluding carboxylic acids is 1. The summed E-state index contributed by atoms with van der Waals surface area (Å²) in [5.74, 6) is 1.37. The minimum absolute atomic E-state index is 0.241. The van der Waals surface area contributed by atoms with E-state index in [1.54, 1.807) is 0 Å². The summed E-state index contributed by atoms with van der Waals surface area (Å²) in [5, 5.41) is 6.79. The number of nitrogens with one attached hydrogen (secondary N) is 1. The fourth-order valence-corrected chi connectivity index (χ4v) is 3.92. The molecule has 1 heterocycles. The highest BCUT2D eigenvalue weighted by atomic mass is 127. The van der Waals surface area contributed by atoms with E-state index in [9.17, 15) is 4.79 Å². The van der Waals surface area contributed by atoms with Gasteiger partial charge in [0.15, 0.2) is 11.5 Å². The lowest BCUT2D eigenvalue weighted by molar-refractivity contribution is 0.0946. The number of halogens is 1. The van der Waals surface area contributed by atoms with Crippen molar-refractivity contribution < 1.29 is 14.1 Å². The standard InChI is InChI=1S/C23H25IN2O3/c1-5-25-23(27)21-20(24)22(29-26-21)18-12-17(14(2)3)15(4)11-19(18)28-13-16-9-7-6-8-10-16/h6-12,14H,5,13H2,1-4H3,(H,25,27). The van der Waals surface area contributed by atoms with Gasteiger partial charge in [0.1, 0.15) is 12.4 Å². The second-order valence-corrected chi connectivity index (χ2v) is 8.25. The van der Waals surface area contributed by atoms with Crippen molar-refractivity contribution >= 4 is 28.5 Å². The Hall–Kier alpha value is -2.35. The van der Waals surface area contributed by atoms with Crippen LogP contribution in [0.4, 0.5) is 0 Å². The van der Waals surface area contributed by atoms with Gasteiger partial charge in [-0.2, -0.15) is 0 Å². The SMILES string of the molecule is CCNC(=O)c1noc(-c2cc(C(C)C)c(C)cc2OCc2ccccc2)c1I. The first-order valence-electron chi connectivity index (χ1n) is 9.67. The molecule has 0 atom stereocenters. The van der Waals surface area contributed by atoms with Gasteiger partial charge >= 0.3 is 0 Å². The number of aromatic nitrogens is 1. The number of rotatable bonds is 7. The summed E-state index contributed by atoms with van der Waals surface area (Å²) in [6.45, 7) is 9.24. The van der Waals surface area contributed by atoms with Crippen LogP contribution in [0.3, 0.4) is 0 Å². The van der Waals surface area contributed by atoms with Crippen LogP contribution in [0.2, 0.25) is 0 Å². The van der Waals surface area contributed by atoms with E-state index in [2.05, 4.69) is 59.9 Å². The van der Waals surface area contributed by atoms with Crippen molar-refractivity contribution in [3.8, 4) is 17.1 Å². The number of hydrogen-bond acceptors (Lipinski definition) is 4. The number of carbonyl (C=O) groups is 1. The number of aryl methyl sites for hydroxylation is 1. The molecule has 3 aromatic rings. The predicted molar refractivity (Wildman–Crippen MR) is 122 cm³/mol. The Morgan fingerprint density at radius 2 is 1.97 bits per heavy atom. The van der Waals surface area contributed by atoms with Crippen LogP contribution in [0.5, 0.6) is 5.75 Å². The topological polar surface area (TPSA) is 64.4 Å². The zero-order valence-corrected chi connectivity index (χ0v) is 19.2. The molecule has 0 radical (unpaired) electrons. The maximum atomic E-state index is 12.3. The van der Waals surface area contributed by atoms with Gasteiger partial charge in [0.05, 0.1) is 9.13 Å². The zero-order valence-electron chi connectivity index (χ0n) is 17.1. The van der Waals surface area contributed by atoms with Crippen molar-refractivity contribution in [1.29, 1.82) is 0 Å². The van der Waals surface area contributed by atoms with Crippen molar-refractivity contribution in [3.63, 3.8) is 0 Å². The third kappa shape index (κ3) is 4.80. The molecule has 3 rings (SSSR count). The van der Waals surface area contributed by atoms with Crippen LogP contribution >= 0.6 is 22.6 Å². The summed E-state index contributed by atoms with van der Waals surface area (Å²) in [6.07, 6.45) is 0. The van der Waals surface area contributed by atoms with Gasteiger partial charge in [0.2, 0.25) is 0 Å². The van der Waals surface area contributed by atoms with E-state index in [1.807, 2.05) is 43.3 Å². The number of amides is 1. The quantitative estimate of drug-likeness (QED) is 0.419. The maximum Gasteiger partial charge on any atom is 0.274 e. The molecule has 0 saturated carbocycles. The number of ether oxygens (including phenoxy) is 1. The summed E-state index contributed by atoms with van der Waals surface area (Å²) in [7, 11) is 0. The van der Waals surface area contributed by atoms with Gasteiger partial charge in [-0.3, -0.25) is 4.79 Å². The lowest BCUT2D eigenvalue weighted by Gasteiger charge is -2.16. The molecule has 29 heavy (non-hydrogen) atoms. The lowest BCUT2D eigenvalue weighted by Crippen LogP contribution is -2.23. The van der Waals surface area contributed by atoms with Crippen molar-refractivity contribution in [2.24, 2.45) is 0 Å². The van der Waals surface area contributed by atoms with Crippen molar-refractivity contribution in [3.05, 3.63) is 68.4 Å². The largest absolute Gasteiger partial charge is 0.488 e. The second kappa shape index (κ2) is 9.43. The molecule has 1 N–H and O–H groups in total. The molecule has 0 bridgehead atoms. The first-order chi connectivity index (χ1) is 13.9. The normalized spacial score (nSPS) is 11.0. The van der Waals surface area contributed by atoms with E-state index in [0.29, 0.717) is 39.8 Å². The summed E-state index contributed by atoms with van der Waals surface area (Å²) in [4.78, 5) is 12.3. The summed E-state index contributed by atoms with van der Waals surface area (Å²) < 4.78 is 12.5. The first-order valence-corrected chi connectivity index (χ1v) is 10.7. The number of hydrogen-bond donors (Lipinski definition) is 1. The molecular weight excluding hydrogens is 479 g/mol. The Bertz CT molecular complexity index is 997. The smallest absolute Gasteiger partial charge is 0.274 e. The summed E-state index contributed by atoms with van der Waals surface area (Å²) >= 11 is 2.12. The van der Waals surface area contributed by atoms with Crippen LogP contribution in [-0.4, -0.2) is 17.6 Å². The second-order valence-electron chi connectivity index (χ2n) is 7.17. The van der Waals surface area contributed by atoms with Gasteiger partial charge < -0.3 is 14.6 Å². The number of benzene rings is 2. The van der Waals surface area contributed by atoms with Crippen LogP contribution in [0, 0.1) is 10.5 Å². The van der Waals surface area contributed by atoms with Crippen LogP contribution in [0.15, 0.2) is 47.0 Å². The molecule has 0 saturated heterocycles. The first kappa shape index (κ1) is 21.4. The fraction of sp³-hybridized carbons (Fsp3) is 0.304. The Kier molecular flexibility index (Phi) is 6.95. The third-order valence-corrected chi connectivity index (χ3v) is 5.66. The van der Waals surface area contributed by atoms with E-state index < -0.39 is 0 Å². The Labute approximate surface area is 185 Å². The zero-order chi connectivity index (χ0) is 21.0. The van der Waals surface area contributed by atoms with E-state index >= 15 is 0 Å². The maximum absolute atomic E-state index is 12.3. The molecule has 1 amide bonds. The highest BCUT2D eigenvalue weighted by Crippen LogP contribution is 2.38. The van der Waals surface area contributed by atoms with Gasteiger partial charge in [-0.15, -0.1) is 0 Å². The number of nitrogens with zero attached hydrogens (tertiary/aromatic N) is 1. The molecular formula is C23H25IN2O3. The van der Waals surface area contributed by atoms with Gasteiger partial charge in [-0.05, 0) is 71.2 Å². The van der Waals surface area contributed by atoms with Crippen LogP contribution in [0.1, 0.15) is 53.9 Å². The molecule has 5 nitrogen and oxygen atoms in total. The van der Waals surface area contributed by atoms with Crippen molar-refractivity contribution in [2.45, 2.75) is 40.2 Å². The lowest BCUT2D eigenvalue weighted by atomic mass is 9.94. The minimum Gasteiger partial charge on any atom is -0.488 e.